The second-order valence-electron chi connectivity index (χ2n) is 6.40. The van der Waals surface area contributed by atoms with Gasteiger partial charge >= 0.3 is 0 Å². The van der Waals surface area contributed by atoms with Crippen LogP contribution in [0.3, 0.4) is 0 Å². The summed E-state index contributed by atoms with van der Waals surface area (Å²) in [5.74, 6) is -0.0313. The predicted molar refractivity (Wildman–Crippen MR) is 93.8 cm³/mol. The first-order chi connectivity index (χ1) is 11.6. The molecule has 0 bridgehead atoms. The minimum atomic E-state index is -0.215. The van der Waals surface area contributed by atoms with E-state index in [9.17, 15) is 14.4 Å². The molecular weight excluding hydrogens is 324 g/mol. The van der Waals surface area contributed by atoms with Crippen LogP contribution in [0.25, 0.3) is 0 Å². The zero-order chi connectivity index (χ0) is 16.9. The Morgan fingerprint density at radius 1 is 1.17 bits per heavy atom. The number of carbonyl (C=O) groups is 3. The maximum atomic E-state index is 12.5. The largest absolute Gasteiger partial charge is 0.349 e. The van der Waals surface area contributed by atoms with E-state index in [2.05, 4.69) is 5.32 Å². The fourth-order valence-corrected chi connectivity index (χ4v) is 3.94. The molecule has 128 valence electrons. The van der Waals surface area contributed by atoms with Crippen molar-refractivity contribution in [2.75, 3.05) is 5.75 Å². The molecule has 0 aromatic heterocycles. The first-order valence-corrected chi connectivity index (χ1v) is 9.49. The number of benzene rings is 1. The normalized spacial score (nSPS) is 19.4. The van der Waals surface area contributed by atoms with Crippen LogP contribution < -0.4 is 5.32 Å². The van der Waals surface area contributed by atoms with E-state index in [1.54, 1.807) is 18.2 Å². The summed E-state index contributed by atoms with van der Waals surface area (Å²) >= 11 is 1.03. The quantitative estimate of drug-likeness (QED) is 0.849. The number of thioether (sulfide) groups is 1. The standard InChI is InChI=1S/C18H22N2O3S/c21-16-12-24-18(23)20(16)11-13-6-5-7-14(10-13)17(22)19-15-8-3-1-2-4-9-15/h5-7,10,15H,1-4,8-9,11-12H2,(H,19,22). The molecule has 1 heterocycles. The van der Waals surface area contributed by atoms with E-state index >= 15 is 0 Å². The maximum Gasteiger partial charge on any atom is 0.289 e. The molecule has 2 fully saturated rings. The van der Waals surface area contributed by atoms with E-state index in [0.717, 1.165) is 30.2 Å². The molecule has 1 saturated heterocycles. The lowest BCUT2D eigenvalue weighted by Gasteiger charge is -2.17. The molecule has 1 N–H and O–H groups in total. The minimum absolute atomic E-state index is 0.0720. The number of nitrogens with zero attached hydrogens (tertiary/aromatic N) is 1. The van der Waals surface area contributed by atoms with Crippen LogP contribution in [0.15, 0.2) is 24.3 Å². The highest BCUT2D eigenvalue weighted by molar-refractivity contribution is 8.14. The van der Waals surface area contributed by atoms with Crippen LogP contribution in [-0.4, -0.2) is 33.7 Å². The molecule has 0 radical (unpaired) electrons. The minimum Gasteiger partial charge on any atom is -0.349 e. The summed E-state index contributed by atoms with van der Waals surface area (Å²) in [4.78, 5) is 37.1. The highest BCUT2D eigenvalue weighted by atomic mass is 32.2. The fourth-order valence-electron chi connectivity index (χ4n) is 3.22. The van der Waals surface area contributed by atoms with E-state index in [0.29, 0.717) is 5.56 Å². The van der Waals surface area contributed by atoms with Crippen molar-refractivity contribution in [1.29, 1.82) is 0 Å². The molecule has 6 heteroatoms. The van der Waals surface area contributed by atoms with Gasteiger partial charge in [0.2, 0.25) is 5.91 Å². The third-order valence-electron chi connectivity index (χ3n) is 4.56. The first kappa shape index (κ1) is 17.0. The Morgan fingerprint density at radius 3 is 2.58 bits per heavy atom. The number of hydrogen-bond acceptors (Lipinski definition) is 4. The van der Waals surface area contributed by atoms with Crippen LogP contribution in [0.2, 0.25) is 0 Å². The van der Waals surface area contributed by atoms with Crippen molar-refractivity contribution in [3.63, 3.8) is 0 Å². The van der Waals surface area contributed by atoms with Gasteiger partial charge in [-0.1, -0.05) is 49.6 Å². The van der Waals surface area contributed by atoms with Crippen molar-refractivity contribution in [2.45, 2.75) is 51.1 Å². The van der Waals surface area contributed by atoms with Gasteiger partial charge in [0.1, 0.15) is 0 Å². The van der Waals surface area contributed by atoms with Gasteiger partial charge in [-0.2, -0.15) is 0 Å². The van der Waals surface area contributed by atoms with Crippen molar-refractivity contribution in [3.8, 4) is 0 Å². The van der Waals surface area contributed by atoms with E-state index in [-0.39, 0.29) is 35.4 Å². The van der Waals surface area contributed by atoms with Gasteiger partial charge in [0.05, 0.1) is 12.3 Å². The summed E-state index contributed by atoms with van der Waals surface area (Å²) in [7, 11) is 0. The van der Waals surface area contributed by atoms with Gasteiger partial charge in [0.25, 0.3) is 11.1 Å². The summed E-state index contributed by atoms with van der Waals surface area (Å²) < 4.78 is 0. The number of carbonyl (C=O) groups excluding carboxylic acids is 3. The van der Waals surface area contributed by atoms with E-state index in [4.69, 9.17) is 0 Å². The molecule has 3 rings (SSSR count). The Labute approximate surface area is 146 Å². The van der Waals surface area contributed by atoms with Crippen LogP contribution >= 0.6 is 11.8 Å². The van der Waals surface area contributed by atoms with Crippen molar-refractivity contribution in [1.82, 2.24) is 10.2 Å². The smallest absolute Gasteiger partial charge is 0.289 e. The van der Waals surface area contributed by atoms with Gasteiger partial charge in [-0.25, -0.2) is 0 Å². The molecule has 0 spiro atoms. The SMILES string of the molecule is O=C(NC1CCCCCC1)c1cccc(CN2C(=O)CSC2=O)c1. The molecule has 0 unspecified atom stereocenters. The van der Waals surface area contributed by atoms with Crippen molar-refractivity contribution >= 4 is 28.8 Å². The summed E-state index contributed by atoms with van der Waals surface area (Å²) in [6.45, 7) is 0.231. The molecule has 0 atom stereocenters. The monoisotopic (exact) mass is 346 g/mol. The van der Waals surface area contributed by atoms with E-state index < -0.39 is 0 Å². The lowest BCUT2D eigenvalue weighted by atomic mass is 10.1. The molecule has 1 aliphatic carbocycles. The summed E-state index contributed by atoms with van der Waals surface area (Å²) in [5.41, 5.74) is 1.39. The second kappa shape index (κ2) is 7.83. The van der Waals surface area contributed by atoms with Crippen molar-refractivity contribution < 1.29 is 14.4 Å². The number of hydrogen-bond donors (Lipinski definition) is 1. The van der Waals surface area contributed by atoms with Crippen molar-refractivity contribution in [3.05, 3.63) is 35.4 Å². The van der Waals surface area contributed by atoms with Gasteiger partial charge in [-0.05, 0) is 30.5 Å². The van der Waals surface area contributed by atoms with E-state index in [1.807, 2.05) is 6.07 Å². The van der Waals surface area contributed by atoms with Crippen LogP contribution in [-0.2, 0) is 11.3 Å². The zero-order valence-electron chi connectivity index (χ0n) is 13.6. The van der Waals surface area contributed by atoms with Gasteiger partial charge in [-0.15, -0.1) is 0 Å². The fraction of sp³-hybridized carbons (Fsp3) is 0.500. The Bertz CT molecular complexity index is 623. The number of nitrogens with one attached hydrogen (secondary N) is 1. The Balaban J connectivity index is 1.64. The zero-order valence-corrected chi connectivity index (χ0v) is 14.4. The van der Waals surface area contributed by atoms with E-state index in [1.165, 1.54) is 30.6 Å². The molecule has 3 amide bonds. The lowest BCUT2D eigenvalue weighted by molar-refractivity contribution is -0.125. The van der Waals surface area contributed by atoms with Gasteiger partial charge in [0.15, 0.2) is 0 Å². The first-order valence-electron chi connectivity index (χ1n) is 8.50. The van der Waals surface area contributed by atoms with Crippen LogP contribution in [0.1, 0.15) is 54.4 Å². The average molecular weight is 346 g/mol. The third kappa shape index (κ3) is 4.17. The second-order valence-corrected chi connectivity index (χ2v) is 7.32. The van der Waals surface area contributed by atoms with Crippen LogP contribution in [0.4, 0.5) is 4.79 Å². The average Bonchev–Trinajstić information content (AvgIpc) is 2.79. The van der Waals surface area contributed by atoms with Gasteiger partial charge in [-0.3, -0.25) is 19.3 Å². The molecule has 1 aromatic carbocycles. The predicted octanol–water partition coefficient (Wildman–Crippen LogP) is 3.33. The third-order valence-corrected chi connectivity index (χ3v) is 5.42. The molecule has 1 saturated carbocycles. The topological polar surface area (TPSA) is 66.5 Å². The van der Waals surface area contributed by atoms with Crippen molar-refractivity contribution in [2.24, 2.45) is 0 Å². The summed E-state index contributed by atoms with van der Waals surface area (Å²) in [5, 5.41) is 2.91. The van der Waals surface area contributed by atoms with Gasteiger partial charge < -0.3 is 5.32 Å². The van der Waals surface area contributed by atoms with Crippen LogP contribution in [0, 0.1) is 0 Å². The number of imide groups is 1. The number of rotatable bonds is 4. The van der Waals surface area contributed by atoms with Gasteiger partial charge in [0, 0.05) is 11.6 Å². The lowest BCUT2D eigenvalue weighted by Crippen LogP contribution is -2.34. The number of amides is 3. The molecule has 5 nitrogen and oxygen atoms in total. The Morgan fingerprint density at radius 2 is 1.92 bits per heavy atom. The molecular formula is C18H22N2O3S. The maximum absolute atomic E-state index is 12.5. The molecule has 2 aliphatic rings. The molecule has 24 heavy (non-hydrogen) atoms. The molecule has 1 aromatic rings. The summed E-state index contributed by atoms with van der Waals surface area (Å²) in [6, 6.07) is 7.44. The highest BCUT2D eigenvalue weighted by Gasteiger charge is 2.29. The Kier molecular flexibility index (Phi) is 5.56. The molecule has 1 aliphatic heterocycles. The van der Waals surface area contributed by atoms with Crippen LogP contribution in [0.5, 0.6) is 0 Å². The summed E-state index contributed by atoms with van der Waals surface area (Å²) in [6.07, 6.45) is 6.91. The Hall–Kier alpha value is -1.82. The highest BCUT2D eigenvalue weighted by Crippen LogP contribution is 2.22.